The summed E-state index contributed by atoms with van der Waals surface area (Å²) in [6.45, 7) is 2.76. The second-order valence-corrected chi connectivity index (χ2v) is 12.5. The second-order valence-electron chi connectivity index (χ2n) is 11.6. The summed E-state index contributed by atoms with van der Waals surface area (Å²) < 4.78 is 40.5. The summed E-state index contributed by atoms with van der Waals surface area (Å²) in [7, 11) is 1.60. The lowest BCUT2D eigenvalue weighted by Gasteiger charge is -2.34. The molecule has 2 N–H and O–H groups in total. The number of aromatic hydroxyl groups is 1. The molecule has 1 fully saturated rings. The molecule has 1 aliphatic rings. The van der Waals surface area contributed by atoms with E-state index in [1.807, 2.05) is 12.1 Å². The van der Waals surface area contributed by atoms with E-state index < -0.39 is 22.9 Å². The number of nitrogens with one attached hydrogen (secondary N) is 1. The topological polar surface area (TPSA) is 117 Å². The fourth-order valence-electron chi connectivity index (χ4n) is 5.85. The van der Waals surface area contributed by atoms with Gasteiger partial charge < -0.3 is 19.9 Å². The number of nitriles is 1. The standard InChI is InChI=1S/C35H29Cl2F3N4O4/c1-19(45)20-3-6-25(7-4-20)44-11-9-21(10-12-44)34(48)43(2)18-22-13-24(36)15-28(32(22)46)31-16-26(29(17-41)33(47)42-31)27-14-23(35(38,39)40)5-8-30(27)37/h3-8,13-16,21,46H,9-12,18H2,1-2H3,(H,42,47). The van der Waals surface area contributed by atoms with E-state index in [1.54, 1.807) is 25.2 Å². The van der Waals surface area contributed by atoms with Crippen LogP contribution in [-0.2, 0) is 17.5 Å². The van der Waals surface area contributed by atoms with E-state index in [0.29, 0.717) is 31.5 Å². The molecule has 0 spiro atoms. The van der Waals surface area contributed by atoms with Gasteiger partial charge in [-0.25, -0.2) is 0 Å². The third-order valence-electron chi connectivity index (χ3n) is 8.44. The van der Waals surface area contributed by atoms with Crippen LogP contribution < -0.4 is 10.5 Å². The molecular weight excluding hydrogens is 668 g/mol. The molecule has 0 radical (unpaired) electrons. The number of aromatic nitrogens is 1. The molecule has 0 saturated carbocycles. The molecule has 8 nitrogen and oxygen atoms in total. The Balaban J connectivity index is 1.39. The van der Waals surface area contributed by atoms with Gasteiger partial charge in [0.2, 0.25) is 5.91 Å². The lowest BCUT2D eigenvalue weighted by molar-refractivity contribution is -0.137. The Morgan fingerprint density at radius 3 is 2.29 bits per heavy atom. The highest BCUT2D eigenvalue weighted by molar-refractivity contribution is 6.33. The minimum atomic E-state index is -4.71. The Kier molecular flexibility index (Phi) is 9.89. The van der Waals surface area contributed by atoms with E-state index >= 15 is 0 Å². The zero-order valence-corrected chi connectivity index (χ0v) is 27.3. The number of rotatable bonds is 7. The van der Waals surface area contributed by atoms with Gasteiger partial charge in [0.05, 0.1) is 11.3 Å². The number of benzene rings is 3. The lowest BCUT2D eigenvalue weighted by Crippen LogP contribution is -2.41. The van der Waals surface area contributed by atoms with Crippen molar-refractivity contribution in [3.8, 4) is 34.2 Å². The van der Waals surface area contributed by atoms with Crippen LogP contribution >= 0.6 is 23.2 Å². The van der Waals surface area contributed by atoms with E-state index in [0.717, 1.165) is 23.9 Å². The molecule has 1 aliphatic heterocycles. The van der Waals surface area contributed by atoms with Gasteiger partial charge in [0, 0.05) is 76.1 Å². The third-order valence-corrected chi connectivity index (χ3v) is 8.99. The summed E-state index contributed by atoms with van der Waals surface area (Å²) in [5.74, 6) is -0.722. The van der Waals surface area contributed by atoms with Gasteiger partial charge in [-0.2, -0.15) is 18.4 Å². The van der Waals surface area contributed by atoms with Gasteiger partial charge in [0.25, 0.3) is 5.56 Å². The van der Waals surface area contributed by atoms with Gasteiger partial charge in [-0.05, 0) is 80.4 Å². The molecule has 0 aliphatic carbocycles. The monoisotopic (exact) mass is 696 g/mol. The Morgan fingerprint density at radius 1 is 1.02 bits per heavy atom. The summed E-state index contributed by atoms with van der Waals surface area (Å²) >= 11 is 12.6. The first-order chi connectivity index (χ1) is 22.7. The van der Waals surface area contributed by atoms with Crippen molar-refractivity contribution in [1.29, 1.82) is 5.26 Å². The number of phenolic OH excluding ortho intramolecular Hbond substituents is 1. The average molecular weight is 698 g/mol. The zero-order valence-electron chi connectivity index (χ0n) is 25.8. The van der Waals surface area contributed by atoms with Crippen LogP contribution in [-0.4, -0.2) is 46.8 Å². The molecule has 0 unspecified atom stereocenters. The fourth-order valence-corrected chi connectivity index (χ4v) is 6.31. The molecule has 13 heteroatoms. The number of phenols is 1. The van der Waals surface area contributed by atoms with Crippen molar-refractivity contribution in [3.63, 3.8) is 0 Å². The van der Waals surface area contributed by atoms with Crippen LogP contribution in [0.2, 0.25) is 10.0 Å². The molecule has 248 valence electrons. The Hall–Kier alpha value is -4.79. The van der Waals surface area contributed by atoms with E-state index in [4.69, 9.17) is 23.2 Å². The number of piperidine rings is 1. The number of Topliss-reactive ketones (excluding diaryl/α,β-unsaturated/α-hetero) is 1. The fraction of sp³-hybridized carbons (Fsp3) is 0.257. The molecule has 3 aromatic carbocycles. The number of H-pyrrole nitrogens is 1. The summed E-state index contributed by atoms with van der Waals surface area (Å²) in [5.41, 5.74) is -0.890. The van der Waals surface area contributed by atoms with Crippen molar-refractivity contribution in [2.24, 2.45) is 5.92 Å². The number of alkyl halides is 3. The van der Waals surface area contributed by atoms with E-state index in [2.05, 4.69) is 9.88 Å². The van der Waals surface area contributed by atoms with Gasteiger partial charge in [-0.15, -0.1) is 0 Å². The molecule has 0 atom stereocenters. The van der Waals surface area contributed by atoms with Crippen molar-refractivity contribution in [1.82, 2.24) is 9.88 Å². The number of ketones is 1. The van der Waals surface area contributed by atoms with Crippen LogP contribution in [0.1, 0.15) is 46.8 Å². The number of amides is 1. The highest BCUT2D eigenvalue weighted by atomic mass is 35.5. The minimum Gasteiger partial charge on any atom is -0.507 e. The number of carbonyl (C=O) groups is 2. The molecule has 4 aromatic rings. The van der Waals surface area contributed by atoms with Gasteiger partial charge >= 0.3 is 6.18 Å². The molecule has 1 saturated heterocycles. The van der Waals surface area contributed by atoms with E-state index in [1.165, 1.54) is 30.0 Å². The summed E-state index contributed by atoms with van der Waals surface area (Å²) in [5, 5.41) is 21.0. The maximum atomic E-state index is 13.5. The van der Waals surface area contributed by atoms with Gasteiger partial charge in [-0.3, -0.25) is 14.4 Å². The van der Waals surface area contributed by atoms with Crippen LogP contribution in [0, 0.1) is 17.2 Å². The smallest absolute Gasteiger partial charge is 0.416 e. The molecule has 0 bridgehead atoms. The first-order valence-electron chi connectivity index (χ1n) is 14.8. The Labute approximate surface area is 283 Å². The summed E-state index contributed by atoms with van der Waals surface area (Å²) in [6.07, 6.45) is -3.52. The van der Waals surface area contributed by atoms with Crippen LogP contribution in [0.5, 0.6) is 5.75 Å². The predicted octanol–water partition coefficient (Wildman–Crippen LogP) is 7.69. The summed E-state index contributed by atoms with van der Waals surface area (Å²) in [6, 6.07) is 15.7. The SMILES string of the molecule is CC(=O)c1ccc(N2CCC(C(=O)N(C)Cc3cc(Cl)cc(-c4cc(-c5cc(C(F)(F)F)ccc5Cl)c(C#N)c(=O)[nH]4)c3O)CC2)cc1. The molecule has 1 amide bonds. The second kappa shape index (κ2) is 13.7. The third kappa shape index (κ3) is 7.20. The van der Waals surface area contributed by atoms with Crippen LogP contribution in [0.4, 0.5) is 18.9 Å². The summed E-state index contributed by atoms with van der Waals surface area (Å²) in [4.78, 5) is 44.2. The molecule has 48 heavy (non-hydrogen) atoms. The van der Waals surface area contributed by atoms with Crippen molar-refractivity contribution in [3.05, 3.63) is 103 Å². The highest BCUT2D eigenvalue weighted by Crippen LogP contribution is 2.40. The minimum absolute atomic E-state index is 0.0123. The molecule has 1 aromatic heterocycles. The Bertz CT molecular complexity index is 2000. The first kappa shape index (κ1) is 34.5. The maximum absolute atomic E-state index is 13.5. The number of carbonyl (C=O) groups excluding carboxylic acids is 2. The van der Waals surface area contributed by atoms with Crippen molar-refractivity contribution < 1.29 is 27.9 Å². The quantitative estimate of drug-likeness (QED) is 0.191. The average Bonchev–Trinajstić information content (AvgIpc) is 3.05. The van der Waals surface area contributed by atoms with Crippen LogP contribution in [0.15, 0.2) is 65.5 Å². The number of hydrogen-bond donors (Lipinski definition) is 2. The normalized spacial score (nSPS) is 13.7. The predicted molar refractivity (Wildman–Crippen MR) is 177 cm³/mol. The van der Waals surface area contributed by atoms with E-state index in [-0.39, 0.29) is 67.9 Å². The number of pyridine rings is 1. The lowest BCUT2D eigenvalue weighted by atomic mass is 9.94. The highest BCUT2D eigenvalue weighted by Gasteiger charge is 2.32. The van der Waals surface area contributed by atoms with Crippen molar-refractivity contribution >= 4 is 40.6 Å². The van der Waals surface area contributed by atoms with Gasteiger partial charge in [0.1, 0.15) is 17.4 Å². The number of nitrogens with zero attached hydrogens (tertiary/aromatic N) is 3. The number of aromatic amines is 1. The van der Waals surface area contributed by atoms with Crippen LogP contribution in [0.3, 0.4) is 0 Å². The van der Waals surface area contributed by atoms with Crippen molar-refractivity contribution in [2.45, 2.75) is 32.5 Å². The van der Waals surface area contributed by atoms with Crippen LogP contribution in [0.25, 0.3) is 22.4 Å². The number of hydrogen-bond acceptors (Lipinski definition) is 6. The van der Waals surface area contributed by atoms with Crippen molar-refractivity contribution in [2.75, 3.05) is 25.0 Å². The number of anilines is 1. The maximum Gasteiger partial charge on any atom is 0.416 e. The van der Waals surface area contributed by atoms with Gasteiger partial charge in [0.15, 0.2) is 5.78 Å². The van der Waals surface area contributed by atoms with E-state index in [9.17, 15) is 37.9 Å². The van der Waals surface area contributed by atoms with Gasteiger partial charge in [-0.1, -0.05) is 23.2 Å². The molecular formula is C35H29Cl2F3N4O4. The zero-order chi connectivity index (χ0) is 34.9. The largest absolute Gasteiger partial charge is 0.507 e. The first-order valence-corrected chi connectivity index (χ1v) is 15.6. The Morgan fingerprint density at radius 2 is 1.69 bits per heavy atom. The molecule has 5 rings (SSSR count). The molecule has 2 heterocycles. The number of halogens is 5.